The molecule has 136 valence electrons. The van der Waals surface area contributed by atoms with Gasteiger partial charge in [0.15, 0.2) is 0 Å². The Hall–Kier alpha value is -3.03. The molecule has 7 heteroatoms. The van der Waals surface area contributed by atoms with Crippen LogP contribution in [0.4, 0.5) is 0 Å². The van der Waals surface area contributed by atoms with Crippen molar-refractivity contribution in [1.29, 1.82) is 0 Å². The Labute approximate surface area is 165 Å². The first kappa shape index (κ1) is 18.8. The Bertz CT molecular complexity index is 974. The van der Waals surface area contributed by atoms with Crippen LogP contribution in [0.2, 0.25) is 0 Å². The molecule has 0 radical (unpaired) electrons. The fourth-order valence-electron chi connectivity index (χ4n) is 2.18. The first-order chi connectivity index (χ1) is 13.1. The maximum Gasteiger partial charge on any atom is 0.287 e. The van der Waals surface area contributed by atoms with Gasteiger partial charge in [-0.2, -0.15) is 5.10 Å². The molecular formula is C20H17N3O2S2. The predicted octanol–water partition coefficient (Wildman–Crippen LogP) is 4.04. The van der Waals surface area contributed by atoms with Gasteiger partial charge in [0.25, 0.3) is 11.8 Å². The summed E-state index contributed by atoms with van der Waals surface area (Å²) in [7, 11) is 0. The lowest BCUT2D eigenvalue weighted by atomic mass is 10.2. The van der Waals surface area contributed by atoms with Crippen LogP contribution in [-0.4, -0.2) is 18.0 Å². The summed E-state index contributed by atoms with van der Waals surface area (Å²) >= 11 is 3.01. The number of hydrogen-bond acceptors (Lipinski definition) is 5. The molecule has 0 bridgehead atoms. The van der Waals surface area contributed by atoms with Gasteiger partial charge in [-0.05, 0) is 53.6 Å². The standard InChI is InChI=1S/C20H17N3O2S2/c1-14-9-11-27-18(14)13-21-23-20(25)17(12-16-8-5-10-26-16)22-19(24)15-6-3-2-4-7-15/h2-13H,1H3,(H,22,24)(H,23,25)/b17-12+,21-13+. The largest absolute Gasteiger partial charge is 0.317 e. The number of carbonyl (C=O) groups is 2. The van der Waals surface area contributed by atoms with E-state index in [0.29, 0.717) is 5.56 Å². The topological polar surface area (TPSA) is 70.6 Å². The molecule has 2 heterocycles. The van der Waals surface area contributed by atoms with Crippen molar-refractivity contribution in [3.8, 4) is 0 Å². The van der Waals surface area contributed by atoms with Crippen LogP contribution in [0.5, 0.6) is 0 Å². The number of rotatable bonds is 6. The van der Waals surface area contributed by atoms with E-state index in [-0.39, 0.29) is 11.6 Å². The SMILES string of the molecule is Cc1ccsc1/C=N/NC(=O)/C(=C\c1cccs1)NC(=O)c1ccccc1. The summed E-state index contributed by atoms with van der Waals surface area (Å²) in [5.41, 5.74) is 4.17. The van der Waals surface area contributed by atoms with E-state index in [1.807, 2.05) is 41.9 Å². The van der Waals surface area contributed by atoms with E-state index in [1.54, 1.807) is 36.6 Å². The van der Waals surface area contributed by atoms with Crippen LogP contribution in [0.15, 0.2) is 70.1 Å². The van der Waals surface area contributed by atoms with Crippen LogP contribution in [0.3, 0.4) is 0 Å². The van der Waals surface area contributed by atoms with Gasteiger partial charge in [0.2, 0.25) is 0 Å². The fourth-order valence-corrected chi connectivity index (χ4v) is 3.63. The number of benzene rings is 1. The zero-order valence-corrected chi connectivity index (χ0v) is 16.1. The molecule has 27 heavy (non-hydrogen) atoms. The van der Waals surface area contributed by atoms with E-state index in [9.17, 15) is 9.59 Å². The Morgan fingerprint density at radius 3 is 2.48 bits per heavy atom. The molecule has 2 aromatic heterocycles. The molecule has 0 saturated carbocycles. The van der Waals surface area contributed by atoms with Crippen molar-refractivity contribution in [2.75, 3.05) is 0 Å². The van der Waals surface area contributed by atoms with Gasteiger partial charge >= 0.3 is 0 Å². The summed E-state index contributed by atoms with van der Waals surface area (Å²) in [5.74, 6) is -0.843. The Morgan fingerprint density at radius 2 is 1.81 bits per heavy atom. The summed E-state index contributed by atoms with van der Waals surface area (Å²) in [6.07, 6.45) is 3.23. The summed E-state index contributed by atoms with van der Waals surface area (Å²) < 4.78 is 0. The van der Waals surface area contributed by atoms with Crippen molar-refractivity contribution in [2.24, 2.45) is 5.10 Å². The molecule has 0 unspecified atom stereocenters. The third-order valence-electron chi connectivity index (χ3n) is 3.61. The number of hydrogen-bond donors (Lipinski definition) is 2. The third-order valence-corrected chi connectivity index (χ3v) is 5.38. The monoisotopic (exact) mass is 395 g/mol. The number of thiophene rings is 2. The maximum absolute atomic E-state index is 12.5. The Kier molecular flexibility index (Phi) is 6.30. The molecule has 0 atom stereocenters. The fraction of sp³-hybridized carbons (Fsp3) is 0.0500. The van der Waals surface area contributed by atoms with Crippen molar-refractivity contribution in [3.63, 3.8) is 0 Å². The second-order valence-corrected chi connectivity index (χ2v) is 7.49. The van der Waals surface area contributed by atoms with Gasteiger partial charge < -0.3 is 5.32 Å². The van der Waals surface area contributed by atoms with Gasteiger partial charge in [-0.25, -0.2) is 5.43 Å². The first-order valence-electron chi connectivity index (χ1n) is 8.12. The van der Waals surface area contributed by atoms with Gasteiger partial charge in [0, 0.05) is 15.3 Å². The zero-order valence-electron chi connectivity index (χ0n) is 14.5. The smallest absolute Gasteiger partial charge is 0.287 e. The lowest BCUT2D eigenvalue weighted by Gasteiger charge is -2.08. The number of carbonyl (C=O) groups excluding carboxylic acids is 2. The van der Waals surface area contributed by atoms with Crippen molar-refractivity contribution < 1.29 is 9.59 Å². The number of aryl methyl sites for hydroxylation is 1. The number of hydrazone groups is 1. The lowest BCUT2D eigenvalue weighted by molar-refractivity contribution is -0.117. The summed E-state index contributed by atoms with van der Waals surface area (Å²) in [6.45, 7) is 1.97. The third kappa shape index (κ3) is 5.22. The second kappa shape index (κ2) is 9.07. The molecular weight excluding hydrogens is 378 g/mol. The van der Waals surface area contributed by atoms with Crippen LogP contribution >= 0.6 is 22.7 Å². The minimum atomic E-state index is -0.488. The minimum absolute atomic E-state index is 0.131. The average molecular weight is 396 g/mol. The molecule has 0 aliphatic heterocycles. The molecule has 0 aliphatic rings. The van der Waals surface area contributed by atoms with Gasteiger partial charge in [-0.1, -0.05) is 24.3 Å². The van der Waals surface area contributed by atoms with Crippen LogP contribution in [0, 0.1) is 6.92 Å². The molecule has 2 amide bonds. The number of nitrogens with zero attached hydrogens (tertiary/aromatic N) is 1. The number of amides is 2. The first-order valence-corrected chi connectivity index (χ1v) is 9.88. The van der Waals surface area contributed by atoms with E-state index in [2.05, 4.69) is 15.8 Å². The van der Waals surface area contributed by atoms with E-state index in [4.69, 9.17) is 0 Å². The van der Waals surface area contributed by atoms with Crippen LogP contribution in [0.1, 0.15) is 25.7 Å². The lowest BCUT2D eigenvalue weighted by Crippen LogP contribution is -2.32. The summed E-state index contributed by atoms with van der Waals surface area (Å²) in [5, 5.41) is 10.5. The minimum Gasteiger partial charge on any atom is -0.317 e. The number of nitrogens with one attached hydrogen (secondary N) is 2. The van der Waals surface area contributed by atoms with Crippen LogP contribution < -0.4 is 10.7 Å². The van der Waals surface area contributed by atoms with E-state index in [0.717, 1.165) is 15.3 Å². The quantitative estimate of drug-likeness (QED) is 0.376. The van der Waals surface area contributed by atoms with Crippen molar-refractivity contribution in [1.82, 2.24) is 10.7 Å². The average Bonchev–Trinajstić information content (AvgIpc) is 3.34. The normalized spacial score (nSPS) is 11.5. The van der Waals surface area contributed by atoms with Gasteiger partial charge in [-0.3, -0.25) is 9.59 Å². The second-order valence-electron chi connectivity index (χ2n) is 5.56. The van der Waals surface area contributed by atoms with Crippen molar-refractivity contribution in [2.45, 2.75) is 6.92 Å². The van der Waals surface area contributed by atoms with Gasteiger partial charge in [0.1, 0.15) is 5.70 Å². The molecule has 0 spiro atoms. The van der Waals surface area contributed by atoms with Crippen LogP contribution in [0.25, 0.3) is 6.08 Å². The van der Waals surface area contributed by atoms with E-state index < -0.39 is 5.91 Å². The molecule has 5 nitrogen and oxygen atoms in total. The van der Waals surface area contributed by atoms with Crippen LogP contribution in [-0.2, 0) is 4.79 Å². The van der Waals surface area contributed by atoms with Crippen molar-refractivity contribution >= 4 is 46.8 Å². The highest BCUT2D eigenvalue weighted by Gasteiger charge is 2.14. The predicted molar refractivity (Wildman–Crippen MR) is 111 cm³/mol. The highest BCUT2D eigenvalue weighted by molar-refractivity contribution is 7.12. The highest BCUT2D eigenvalue weighted by atomic mass is 32.1. The molecule has 1 aromatic carbocycles. The molecule has 0 aliphatic carbocycles. The molecule has 0 saturated heterocycles. The molecule has 3 rings (SSSR count). The Morgan fingerprint density at radius 1 is 1.00 bits per heavy atom. The van der Waals surface area contributed by atoms with E-state index in [1.165, 1.54) is 22.7 Å². The summed E-state index contributed by atoms with van der Waals surface area (Å²) in [4.78, 5) is 26.8. The molecule has 0 fully saturated rings. The van der Waals surface area contributed by atoms with Gasteiger partial charge in [-0.15, -0.1) is 22.7 Å². The van der Waals surface area contributed by atoms with Crippen molar-refractivity contribution in [3.05, 3.63) is 85.9 Å². The van der Waals surface area contributed by atoms with Gasteiger partial charge in [0.05, 0.1) is 6.21 Å². The zero-order chi connectivity index (χ0) is 19.1. The maximum atomic E-state index is 12.5. The molecule has 2 N–H and O–H groups in total. The van der Waals surface area contributed by atoms with E-state index >= 15 is 0 Å². The molecule has 3 aromatic rings. The summed E-state index contributed by atoms with van der Waals surface area (Å²) in [6, 6.07) is 14.5. The Balaban J connectivity index is 1.75. The highest BCUT2D eigenvalue weighted by Crippen LogP contribution is 2.14.